The van der Waals surface area contributed by atoms with Crippen LogP contribution in [0.4, 0.5) is 5.82 Å². The van der Waals surface area contributed by atoms with E-state index in [-0.39, 0.29) is 37.2 Å². The van der Waals surface area contributed by atoms with Crippen LogP contribution in [0.15, 0.2) is 24.3 Å². The third-order valence-corrected chi connectivity index (χ3v) is 5.64. The monoisotopic (exact) mass is 429 g/mol. The molecule has 0 fully saturated rings. The predicted molar refractivity (Wildman–Crippen MR) is 114 cm³/mol. The van der Waals surface area contributed by atoms with Gasteiger partial charge in [-0.2, -0.15) is 0 Å². The molecule has 0 aliphatic heterocycles. The molecule has 0 saturated heterocycles. The van der Waals surface area contributed by atoms with Gasteiger partial charge in [0.2, 0.25) is 0 Å². The number of nitrogens with zero attached hydrogens (tertiary/aromatic N) is 2. The summed E-state index contributed by atoms with van der Waals surface area (Å²) in [6, 6.07) is 7.52. The summed E-state index contributed by atoms with van der Waals surface area (Å²) in [4.78, 5) is 33.9. The van der Waals surface area contributed by atoms with Crippen LogP contribution in [0.1, 0.15) is 40.0 Å². The lowest BCUT2D eigenvalue weighted by atomic mass is 10.1. The largest absolute Gasteiger partial charge is 0.496 e. The molecule has 3 aromatic rings. The summed E-state index contributed by atoms with van der Waals surface area (Å²) in [6.45, 7) is 3.71. The van der Waals surface area contributed by atoms with E-state index >= 15 is 0 Å². The quantitative estimate of drug-likeness (QED) is 0.542. The average Bonchev–Trinajstić information content (AvgIpc) is 3.08. The lowest BCUT2D eigenvalue weighted by molar-refractivity contribution is -0.145. The number of ether oxygens (including phenoxy) is 3. The third-order valence-electron chi connectivity index (χ3n) is 4.48. The molecule has 0 radical (unpaired) electrons. The predicted octanol–water partition coefficient (Wildman–Crippen LogP) is 3.44. The number of anilines is 1. The van der Waals surface area contributed by atoms with Crippen molar-refractivity contribution in [1.82, 2.24) is 9.97 Å². The Morgan fingerprint density at radius 1 is 1.17 bits per heavy atom. The molecule has 3 rings (SSSR count). The maximum absolute atomic E-state index is 12.1. The molecule has 0 amide bonds. The molecule has 1 aromatic carbocycles. The zero-order valence-electron chi connectivity index (χ0n) is 17.1. The first-order chi connectivity index (χ1) is 14.4. The average molecular weight is 429 g/mol. The molecule has 9 heteroatoms. The maximum Gasteiger partial charge on any atom is 0.348 e. The van der Waals surface area contributed by atoms with Gasteiger partial charge in [0.05, 0.1) is 19.1 Å². The van der Waals surface area contributed by atoms with Crippen LogP contribution >= 0.6 is 11.3 Å². The summed E-state index contributed by atoms with van der Waals surface area (Å²) >= 11 is 1.19. The molecule has 0 aliphatic rings. The normalized spacial score (nSPS) is 10.8. The Balaban J connectivity index is 1.67. The minimum absolute atomic E-state index is 0.101. The van der Waals surface area contributed by atoms with Crippen molar-refractivity contribution in [3.05, 3.63) is 46.1 Å². The first kappa shape index (κ1) is 21.5. The van der Waals surface area contributed by atoms with Gasteiger partial charge in [-0.15, -0.1) is 11.3 Å². The number of nitrogen functional groups attached to an aromatic ring is 1. The van der Waals surface area contributed by atoms with E-state index in [0.717, 1.165) is 11.3 Å². The number of hydrogen-bond acceptors (Lipinski definition) is 9. The number of esters is 2. The molecule has 0 unspecified atom stereocenters. The Bertz CT molecular complexity index is 1080. The fourth-order valence-corrected chi connectivity index (χ4v) is 4.14. The van der Waals surface area contributed by atoms with Gasteiger partial charge in [-0.3, -0.25) is 4.79 Å². The summed E-state index contributed by atoms with van der Waals surface area (Å²) in [6.07, 6.45) is 0.696. The number of fused-ring (bicyclic) bond motifs is 1. The van der Waals surface area contributed by atoms with Gasteiger partial charge in [-0.25, -0.2) is 14.8 Å². The maximum atomic E-state index is 12.1. The second-order valence-electron chi connectivity index (χ2n) is 6.45. The van der Waals surface area contributed by atoms with Crippen molar-refractivity contribution >= 4 is 39.3 Å². The van der Waals surface area contributed by atoms with Crippen molar-refractivity contribution in [2.75, 3.05) is 19.5 Å². The number of benzene rings is 1. The lowest BCUT2D eigenvalue weighted by Gasteiger charge is -2.08. The van der Waals surface area contributed by atoms with Gasteiger partial charge in [0, 0.05) is 6.42 Å². The molecule has 2 aromatic heterocycles. The van der Waals surface area contributed by atoms with E-state index in [0.29, 0.717) is 27.1 Å². The summed E-state index contributed by atoms with van der Waals surface area (Å²) in [7, 11) is 1.59. The molecular formula is C21H23N3O5S. The summed E-state index contributed by atoms with van der Waals surface area (Å²) in [5.41, 5.74) is 7.68. The van der Waals surface area contributed by atoms with Crippen molar-refractivity contribution in [2.45, 2.75) is 33.3 Å². The molecule has 8 nitrogen and oxygen atoms in total. The van der Waals surface area contributed by atoms with Crippen LogP contribution in [0.5, 0.6) is 5.75 Å². The molecular weight excluding hydrogens is 406 g/mol. The van der Waals surface area contributed by atoms with E-state index in [4.69, 9.17) is 19.9 Å². The number of carbonyl (C=O) groups excluding carboxylic acids is 2. The molecule has 0 bridgehead atoms. The standard InChI is InChI=1S/C21H23N3O5S/c1-4-28-21(26)18-12(2)17-19(22)23-15(24-20(17)30-18)11-29-16(25)10-9-13-7-5-6-8-14(13)27-3/h5-8H,4,9-11H2,1-3H3,(H2,22,23,24). The smallest absolute Gasteiger partial charge is 0.348 e. The van der Waals surface area contributed by atoms with Gasteiger partial charge < -0.3 is 19.9 Å². The minimum atomic E-state index is -0.415. The Morgan fingerprint density at radius 2 is 1.93 bits per heavy atom. The third kappa shape index (κ3) is 4.68. The Hall–Kier alpha value is -3.20. The van der Waals surface area contributed by atoms with Crippen LogP contribution in [-0.4, -0.2) is 35.6 Å². The number of hydrogen-bond donors (Lipinski definition) is 1. The van der Waals surface area contributed by atoms with E-state index < -0.39 is 5.97 Å². The topological polar surface area (TPSA) is 114 Å². The van der Waals surface area contributed by atoms with Crippen LogP contribution in [0.3, 0.4) is 0 Å². The van der Waals surface area contributed by atoms with E-state index in [1.165, 1.54) is 11.3 Å². The highest BCUT2D eigenvalue weighted by molar-refractivity contribution is 7.20. The fraction of sp³-hybridized carbons (Fsp3) is 0.333. The van der Waals surface area contributed by atoms with Crippen molar-refractivity contribution < 1.29 is 23.8 Å². The number of methoxy groups -OCH3 is 1. The highest BCUT2D eigenvalue weighted by Crippen LogP contribution is 2.33. The van der Waals surface area contributed by atoms with E-state index in [1.54, 1.807) is 21.0 Å². The van der Waals surface area contributed by atoms with Crippen LogP contribution in [0.2, 0.25) is 0 Å². The van der Waals surface area contributed by atoms with Crippen LogP contribution in [0, 0.1) is 6.92 Å². The number of thiophene rings is 1. The molecule has 2 N–H and O–H groups in total. The van der Waals surface area contributed by atoms with Gasteiger partial charge in [0.15, 0.2) is 12.4 Å². The second kappa shape index (κ2) is 9.53. The number of carbonyl (C=O) groups is 2. The van der Waals surface area contributed by atoms with Gasteiger partial charge in [0.25, 0.3) is 0 Å². The van der Waals surface area contributed by atoms with Gasteiger partial charge >= 0.3 is 11.9 Å². The van der Waals surface area contributed by atoms with Crippen molar-refractivity contribution in [3.63, 3.8) is 0 Å². The van der Waals surface area contributed by atoms with E-state index in [1.807, 2.05) is 24.3 Å². The Morgan fingerprint density at radius 3 is 2.67 bits per heavy atom. The summed E-state index contributed by atoms with van der Waals surface area (Å²) < 4.78 is 15.7. The van der Waals surface area contributed by atoms with E-state index in [2.05, 4.69) is 9.97 Å². The molecule has 30 heavy (non-hydrogen) atoms. The van der Waals surface area contributed by atoms with Gasteiger partial charge in [-0.1, -0.05) is 18.2 Å². The molecule has 0 saturated carbocycles. The van der Waals surface area contributed by atoms with Crippen LogP contribution in [0.25, 0.3) is 10.2 Å². The van der Waals surface area contributed by atoms with Crippen LogP contribution < -0.4 is 10.5 Å². The number of para-hydroxylation sites is 1. The lowest BCUT2D eigenvalue weighted by Crippen LogP contribution is -2.09. The Labute approximate surface area is 178 Å². The van der Waals surface area contributed by atoms with Gasteiger partial charge in [0.1, 0.15) is 21.3 Å². The number of nitrogens with two attached hydrogens (primary N) is 1. The summed E-state index contributed by atoms with van der Waals surface area (Å²) in [5.74, 6) is 0.462. The highest BCUT2D eigenvalue weighted by Gasteiger charge is 2.20. The van der Waals surface area contributed by atoms with Crippen LogP contribution in [-0.2, 0) is 27.3 Å². The molecule has 0 spiro atoms. The second-order valence-corrected chi connectivity index (χ2v) is 7.45. The number of aromatic nitrogens is 2. The SMILES string of the molecule is CCOC(=O)c1sc2nc(COC(=O)CCc3ccccc3OC)nc(N)c2c1C. The zero-order chi connectivity index (χ0) is 21.7. The van der Waals surface area contributed by atoms with E-state index in [9.17, 15) is 9.59 Å². The summed E-state index contributed by atoms with van der Waals surface area (Å²) in [5, 5.41) is 0.620. The zero-order valence-corrected chi connectivity index (χ0v) is 17.9. The van der Waals surface area contributed by atoms with Crippen molar-refractivity contribution in [2.24, 2.45) is 0 Å². The number of rotatable bonds is 8. The van der Waals surface area contributed by atoms with Gasteiger partial charge in [-0.05, 0) is 37.5 Å². The minimum Gasteiger partial charge on any atom is -0.496 e. The molecule has 0 atom stereocenters. The molecule has 0 aliphatic carbocycles. The first-order valence-electron chi connectivity index (χ1n) is 9.44. The van der Waals surface area contributed by atoms with Crippen molar-refractivity contribution in [1.29, 1.82) is 0 Å². The highest BCUT2D eigenvalue weighted by atomic mass is 32.1. The molecule has 2 heterocycles. The fourth-order valence-electron chi connectivity index (χ4n) is 3.04. The first-order valence-corrected chi connectivity index (χ1v) is 10.3. The van der Waals surface area contributed by atoms with Crippen molar-refractivity contribution in [3.8, 4) is 5.75 Å². The Kier molecular flexibility index (Phi) is 6.83. The molecule has 158 valence electrons. The number of aryl methyl sites for hydroxylation is 2.